The molecule has 2 aliphatic carbocycles. The van der Waals surface area contributed by atoms with Gasteiger partial charge in [-0.3, -0.25) is 4.79 Å². The number of nitrogens with zero attached hydrogens (tertiary/aromatic N) is 1. The zero-order valence-corrected chi connectivity index (χ0v) is 11.3. The molecular weight excluding hydrogens is 242 g/mol. The lowest BCUT2D eigenvalue weighted by molar-refractivity contribution is 0.0693. The predicted octanol–water partition coefficient (Wildman–Crippen LogP) is 2.52. The second kappa shape index (κ2) is 4.22. The molecule has 2 aliphatic rings. The van der Waals surface area contributed by atoms with E-state index in [2.05, 4.69) is 0 Å². The van der Waals surface area contributed by atoms with E-state index in [0.29, 0.717) is 28.7 Å². The van der Waals surface area contributed by atoms with Gasteiger partial charge in [0.25, 0.3) is 5.56 Å². The lowest BCUT2D eigenvalue weighted by atomic mass is 10.0. The summed E-state index contributed by atoms with van der Waals surface area (Å²) in [7, 11) is 0. The van der Waals surface area contributed by atoms with Gasteiger partial charge in [-0.2, -0.15) is 0 Å². The van der Waals surface area contributed by atoms with Crippen LogP contribution in [0.3, 0.4) is 0 Å². The number of aromatic nitrogens is 1. The molecule has 1 aromatic heterocycles. The fourth-order valence-electron chi connectivity index (χ4n) is 3.27. The van der Waals surface area contributed by atoms with Crippen LogP contribution in [0.2, 0.25) is 0 Å². The SMILES string of the molecule is Cc1cc(=O)n(C(C2CC2)C2CC2)c(C)c1C(=O)O. The zero-order chi connectivity index (χ0) is 13.7. The molecule has 0 aromatic carbocycles. The van der Waals surface area contributed by atoms with Crippen LogP contribution in [0.4, 0.5) is 0 Å². The minimum Gasteiger partial charge on any atom is -0.478 e. The molecule has 2 fully saturated rings. The smallest absolute Gasteiger partial charge is 0.337 e. The van der Waals surface area contributed by atoms with Gasteiger partial charge < -0.3 is 9.67 Å². The van der Waals surface area contributed by atoms with Gasteiger partial charge in [0, 0.05) is 17.8 Å². The molecule has 0 amide bonds. The topological polar surface area (TPSA) is 59.3 Å². The van der Waals surface area contributed by atoms with Gasteiger partial charge in [-0.25, -0.2) is 4.79 Å². The first kappa shape index (κ1) is 12.5. The maximum Gasteiger partial charge on any atom is 0.337 e. The van der Waals surface area contributed by atoms with Crippen LogP contribution >= 0.6 is 0 Å². The molecule has 0 spiro atoms. The third-order valence-corrected chi connectivity index (χ3v) is 4.42. The summed E-state index contributed by atoms with van der Waals surface area (Å²) in [6.07, 6.45) is 4.68. The number of rotatable bonds is 4. The van der Waals surface area contributed by atoms with E-state index in [1.807, 2.05) is 0 Å². The molecule has 0 saturated heterocycles. The molecule has 0 aliphatic heterocycles. The first-order chi connectivity index (χ1) is 9.00. The maximum absolute atomic E-state index is 12.3. The van der Waals surface area contributed by atoms with Crippen molar-refractivity contribution in [3.8, 4) is 0 Å². The quantitative estimate of drug-likeness (QED) is 0.906. The molecule has 1 aromatic rings. The Morgan fingerprint density at radius 2 is 1.79 bits per heavy atom. The number of hydrogen-bond acceptors (Lipinski definition) is 2. The Balaban J connectivity index is 2.16. The van der Waals surface area contributed by atoms with Crippen molar-refractivity contribution < 1.29 is 9.90 Å². The fraction of sp³-hybridized carbons (Fsp3) is 0.600. The van der Waals surface area contributed by atoms with Crippen molar-refractivity contribution in [1.29, 1.82) is 0 Å². The van der Waals surface area contributed by atoms with Crippen LogP contribution in [0.15, 0.2) is 10.9 Å². The molecule has 0 radical (unpaired) electrons. The summed E-state index contributed by atoms with van der Waals surface area (Å²) >= 11 is 0. The molecule has 0 bridgehead atoms. The second-order valence-electron chi connectivity index (χ2n) is 5.97. The zero-order valence-electron chi connectivity index (χ0n) is 11.3. The molecular formula is C15H19NO3. The number of aromatic carboxylic acids is 1. The number of pyridine rings is 1. The number of hydrogen-bond donors (Lipinski definition) is 1. The van der Waals surface area contributed by atoms with Crippen molar-refractivity contribution in [2.75, 3.05) is 0 Å². The molecule has 1 N–H and O–H groups in total. The molecule has 1 heterocycles. The highest BCUT2D eigenvalue weighted by molar-refractivity contribution is 5.90. The summed E-state index contributed by atoms with van der Waals surface area (Å²) < 4.78 is 1.77. The Hall–Kier alpha value is -1.58. The predicted molar refractivity (Wildman–Crippen MR) is 71.6 cm³/mol. The molecule has 2 saturated carbocycles. The van der Waals surface area contributed by atoms with Gasteiger partial charge in [0.1, 0.15) is 0 Å². The van der Waals surface area contributed by atoms with E-state index >= 15 is 0 Å². The maximum atomic E-state index is 12.3. The molecule has 3 rings (SSSR count). The van der Waals surface area contributed by atoms with Crippen molar-refractivity contribution >= 4 is 5.97 Å². The van der Waals surface area contributed by atoms with E-state index in [4.69, 9.17) is 0 Å². The van der Waals surface area contributed by atoms with Crippen LogP contribution in [0.1, 0.15) is 53.3 Å². The second-order valence-corrected chi connectivity index (χ2v) is 5.97. The van der Waals surface area contributed by atoms with Gasteiger partial charge in [0.05, 0.1) is 5.56 Å². The van der Waals surface area contributed by atoms with Gasteiger partial charge in [-0.15, -0.1) is 0 Å². The summed E-state index contributed by atoms with van der Waals surface area (Å²) in [6, 6.07) is 1.71. The van der Waals surface area contributed by atoms with Crippen molar-refractivity contribution in [1.82, 2.24) is 4.57 Å². The number of carboxylic acid groups (broad SMARTS) is 1. The monoisotopic (exact) mass is 261 g/mol. The van der Waals surface area contributed by atoms with Crippen molar-refractivity contribution in [3.05, 3.63) is 33.2 Å². The molecule has 102 valence electrons. The Morgan fingerprint density at radius 1 is 1.26 bits per heavy atom. The van der Waals surface area contributed by atoms with Crippen molar-refractivity contribution in [2.24, 2.45) is 11.8 Å². The number of carboxylic acids is 1. The third-order valence-electron chi connectivity index (χ3n) is 4.42. The lowest BCUT2D eigenvalue weighted by Crippen LogP contribution is -2.31. The van der Waals surface area contributed by atoms with E-state index in [-0.39, 0.29) is 11.6 Å². The van der Waals surface area contributed by atoms with Crippen molar-refractivity contribution in [2.45, 2.75) is 45.6 Å². The van der Waals surface area contributed by atoms with Crippen LogP contribution in [0.5, 0.6) is 0 Å². The minimum atomic E-state index is -0.936. The summed E-state index contributed by atoms with van der Waals surface area (Å²) in [5.41, 5.74) is 1.45. The summed E-state index contributed by atoms with van der Waals surface area (Å²) in [4.78, 5) is 23.7. The highest BCUT2D eigenvalue weighted by atomic mass is 16.4. The lowest BCUT2D eigenvalue weighted by Gasteiger charge is -2.23. The molecule has 4 heteroatoms. The van der Waals surface area contributed by atoms with Crippen LogP contribution < -0.4 is 5.56 Å². The van der Waals surface area contributed by atoms with Crippen LogP contribution in [-0.2, 0) is 0 Å². The first-order valence-electron chi connectivity index (χ1n) is 6.96. The molecule has 0 unspecified atom stereocenters. The van der Waals surface area contributed by atoms with Crippen LogP contribution in [0, 0.1) is 25.7 Å². The van der Waals surface area contributed by atoms with Crippen molar-refractivity contribution in [3.63, 3.8) is 0 Å². The Bertz CT molecular complexity index is 582. The Kier molecular flexibility index (Phi) is 2.77. The van der Waals surface area contributed by atoms with Gasteiger partial charge in [-0.1, -0.05) is 0 Å². The summed E-state index contributed by atoms with van der Waals surface area (Å²) in [5.74, 6) is 0.218. The van der Waals surface area contributed by atoms with E-state index in [0.717, 1.165) is 0 Å². The van der Waals surface area contributed by atoms with Gasteiger partial charge in [0.15, 0.2) is 0 Å². The summed E-state index contributed by atoms with van der Waals surface area (Å²) in [5, 5.41) is 9.34. The molecule has 4 nitrogen and oxygen atoms in total. The Morgan fingerprint density at radius 3 is 2.21 bits per heavy atom. The first-order valence-corrected chi connectivity index (χ1v) is 6.96. The summed E-state index contributed by atoms with van der Waals surface area (Å²) in [6.45, 7) is 3.47. The third kappa shape index (κ3) is 2.09. The van der Waals surface area contributed by atoms with Gasteiger partial charge >= 0.3 is 5.97 Å². The standard InChI is InChI=1S/C15H19NO3/c1-8-7-12(17)16(9(2)13(8)15(18)19)14(10-3-4-10)11-5-6-11/h7,10-11,14H,3-6H2,1-2H3,(H,18,19). The highest BCUT2D eigenvalue weighted by Crippen LogP contribution is 2.52. The van der Waals surface area contributed by atoms with E-state index in [1.165, 1.54) is 31.7 Å². The Labute approximate surface area is 112 Å². The van der Waals surface area contributed by atoms with Crippen LogP contribution in [0.25, 0.3) is 0 Å². The number of aryl methyl sites for hydroxylation is 1. The average molecular weight is 261 g/mol. The fourth-order valence-corrected chi connectivity index (χ4v) is 3.27. The molecule has 19 heavy (non-hydrogen) atoms. The van der Waals surface area contributed by atoms with Gasteiger partial charge in [-0.05, 0) is 56.9 Å². The van der Waals surface area contributed by atoms with E-state index in [1.54, 1.807) is 18.4 Å². The van der Waals surface area contributed by atoms with Gasteiger partial charge in [0.2, 0.25) is 0 Å². The highest BCUT2D eigenvalue weighted by Gasteiger charge is 2.43. The van der Waals surface area contributed by atoms with E-state index < -0.39 is 5.97 Å². The average Bonchev–Trinajstić information content (AvgIpc) is 3.16. The largest absolute Gasteiger partial charge is 0.478 e. The molecule has 0 atom stereocenters. The van der Waals surface area contributed by atoms with Crippen LogP contribution in [-0.4, -0.2) is 15.6 Å². The normalized spacial score (nSPS) is 18.9. The number of carbonyl (C=O) groups is 1. The minimum absolute atomic E-state index is 0.0381. The van der Waals surface area contributed by atoms with E-state index in [9.17, 15) is 14.7 Å².